The van der Waals surface area contributed by atoms with E-state index < -0.39 is 0 Å². The summed E-state index contributed by atoms with van der Waals surface area (Å²) in [4.78, 5) is 2.33. The SMILES string of the molecule is CNC(=S)N1CCC2(CCCCC2)CC1. The molecular formula is C12H22N2S. The molecule has 86 valence electrons. The number of hydrogen-bond acceptors (Lipinski definition) is 1. The maximum absolute atomic E-state index is 5.28. The monoisotopic (exact) mass is 226 g/mol. The van der Waals surface area contributed by atoms with Gasteiger partial charge in [0.2, 0.25) is 0 Å². The van der Waals surface area contributed by atoms with E-state index in [4.69, 9.17) is 12.2 Å². The first kappa shape index (κ1) is 11.2. The lowest BCUT2D eigenvalue weighted by Gasteiger charge is -2.44. The molecule has 2 fully saturated rings. The van der Waals surface area contributed by atoms with Crippen LogP contribution in [0.3, 0.4) is 0 Å². The van der Waals surface area contributed by atoms with E-state index in [-0.39, 0.29) is 0 Å². The minimum Gasteiger partial charge on any atom is -0.366 e. The molecule has 1 saturated carbocycles. The molecule has 1 aliphatic heterocycles. The Morgan fingerprint density at radius 3 is 2.20 bits per heavy atom. The van der Waals surface area contributed by atoms with Crippen molar-refractivity contribution in [3.8, 4) is 0 Å². The summed E-state index contributed by atoms with van der Waals surface area (Å²) in [5.74, 6) is 0. The minimum absolute atomic E-state index is 0.693. The molecule has 0 amide bonds. The third kappa shape index (κ3) is 2.44. The minimum atomic E-state index is 0.693. The number of rotatable bonds is 0. The van der Waals surface area contributed by atoms with Gasteiger partial charge < -0.3 is 10.2 Å². The lowest BCUT2D eigenvalue weighted by Crippen LogP contribution is -2.46. The Balaban J connectivity index is 1.88. The number of piperidine rings is 1. The van der Waals surface area contributed by atoms with Gasteiger partial charge in [-0.25, -0.2) is 0 Å². The van der Waals surface area contributed by atoms with Crippen LogP contribution in [0, 0.1) is 5.41 Å². The molecule has 0 bridgehead atoms. The summed E-state index contributed by atoms with van der Waals surface area (Å²) in [5, 5.41) is 4.01. The van der Waals surface area contributed by atoms with Crippen molar-refractivity contribution in [1.29, 1.82) is 0 Å². The highest BCUT2D eigenvalue weighted by atomic mass is 32.1. The van der Waals surface area contributed by atoms with Crippen molar-refractivity contribution >= 4 is 17.3 Å². The van der Waals surface area contributed by atoms with Crippen molar-refractivity contribution in [2.75, 3.05) is 20.1 Å². The van der Waals surface area contributed by atoms with Crippen LogP contribution in [0.4, 0.5) is 0 Å². The summed E-state index contributed by atoms with van der Waals surface area (Å²) in [6, 6.07) is 0. The van der Waals surface area contributed by atoms with E-state index in [2.05, 4.69) is 10.2 Å². The highest BCUT2D eigenvalue weighted by Crippen LogP contribution is 2.44. The summed E-state index contributed by atoms with van der Waals surface area (Å²) < 4.78 is 0. The molecule has 0 radical (unpaired) electrons. The number of thiocarbonyl (C=S) groups is 1. The van der Waals surface area contributed by atoms with Crippen LogP contribution >= 0.6 is 12.2 Å². The zero-order chi connectivity index (χ0) is 10.7. The fourth-order valence-corrected chi connectivity index (χ4v) is 3.33. The average Bonchev–Trinajstić information content (AvgIpc) is 2.30. The predicted octanol–water partition coefficient (Wildman–Crippen LogP) is 2.54. The number of likely N-dealkylation sites (tertiary alicyclic amines) is 1. The van der Waals surface area contributed by atoms with Crippen molar-refractivity contribution in [2.24, 2.45) is 5.41 Å². The topological polar surface area (TPSA) is 15.3 Å². The predicted molar refractivity (Wildman–Crippen MR) is 68.0 cm³/mol. The van der Waals surface area contributed by atoms with Gasteiger partial charge in [-0.3, -0.25) is 0 Å². The largest absolute Gasteiger partial charge is 0.366 e. The Kier molecular flexibility index (Phi) is 3.49. The van der Waals surface area contributed by atoms with E-state index in [1.807, 2.05) is 7.05 Å². The van der Waals surface area contributed by atoms with Crippen LogP contribution in [-0.4, -0.2) is 30.1 Å². The average molecular weight is 226 g/mol. The van der Waals surface area contributed by atoms with E-state index in [0.29, 0.717) is 5.41 Å². The van der Waals surface area contributed by atoms with Crippen LogP contribution in [-0.2, 0) is 0 Å². The van der Waals surface area contributed by atoms with Gasteiger partial charge in [-0.05, 0) is 43.3 Å². The van der Waals surface area contributed by atoms with Crippen LogP contribution in [0.5, 0.6) is 0 Å². The molecule has 0 aromatic rings. The van der Waals surface area contributed by atoms with Gasteiger partial charge in [0.1, 0.15) is 0 Å². The summed E-state index contributed by atoms with van der Waals surface area (Å²) in [7, 11) is 1.92. The Bertz CT molecular complexity index is 224. The van der Waals surface area contributed by atoms with E-state index >= 15 is 0 Å². The molecule has 0 aromatic carbocycles. The lowest BCUT2D eigenvalue weighted by atomic mass is 9.68. The van der Waals surface area contributed by atoms with Crippen LogP contribution in [0.15, 0.2) is 0 Å². The van der Waals surface area contributed by atoms with E-state index in [9.17, 15) is 0 Å². The van der Waals surface area contributed by atoms with Crippen LogP contribution in [0.25, 0.3) is 0 Å². The Hall–Kier alpha value is -0.310. The molecule has 0 aromatic heterocycles. The molecule has 3 heteroatoms. The first-order valence-electron chi connectivity index (χ1n) is 6.22. The van der Waals surface area contributed by atoms with Gasteiger partial charge in [0.05, 0.1) is 0 Å². The Morgan fingerprint density at radius 1 is 1.07 bits per heavy atom. The van der Waals surface area contributed by atoms with Crippen molar-refractivity contribution in [2.45, 2.75) is 44.9 Å². The molecular weight excluding hydrogens is 204 g/mol. The van der Waals surface area contributed by atoms with Crippen molar-refractivity contribution in [3.63, 3.8) is 0 Å². The van der Waals surface area contributed by atoms with Gasteiger partial charge in [-0.1, -0.05) is 19.3 Å². The quantitative estimate of drug-likeness (QED) is 0.639. The van der Waals surface area contributed by atoms with Crippen LogP contribution < -0.4 is 5.32 Å². The van der Waals surface area contributed by atoms with Gasteiger partial charge in [-0.2, -0.15) is 0 Å². The maximum Gasteiger partial charge on any atom is 0.168 e. The molecule has 15 heavy (non-hydrogen) atoms. The third-order valence-electron chi connectivity index (χ3n) is 4.24. The van der Waals surface area contributed by atoms with Crippen LogP contribution in [0.1, 0.15) is 44.9 Å². The first-order valence-corrected chi connectivity index (χ1v) is 6.63. The van der Waals surface area contributed by atoms with Crippen molar-refractivity contribution in [1.82, 2.24) is 10.2 Å². The standard InChI is InChI=1S/C12H22N2S/c1-13-11(15)14-9-7-12(8-10-14)5-3-2-4-6-12/h2-10H2,1H3,(H,13,15). The third-order valence-corrected chi connectivity index (χ3v) is 4.70. The van der Waals surface area contributed by atoms with E-state index in [1.165, 1.54) is 58.0 Å². The smallest absolute Gasteiger partial charge is 0.168 e. The van der Waals surface area contributed by atoms with Gasteiger partial charge >= 0.3 is 0 Å². The molecule has 1 heterocycles. The van der Waals surface area contributed by atoms with Gasteiger partial charge in [0.15, 0.2) is 5.11 Å². The van der Waals surface area contributed by atoms with Gasteiger partial charge in [0.25, 0.3) is 0 Å². The molecule has 2 rings (SSSR count). The summed E-state index contributed by atoms with van der Waals surface area (Å²) in [6.45, 7) is 2.33. The molecule has 0 atom stereocenters. The molecule has 2 nitrogen and oxygen atoms in total. The normalized spacial score (nSPS) is 25.3. The number of nitrogens with zero attached hydrogens (tertiary/aromatic N) is 1. The molecule has 2 aliphatic rings. The first-order chi connectivity index (χ1) is 7.26. The lowest BCUT2D eigenvalue weighted by molar-refractivity contribution is 0.0976. The molecule has 1 aliphatic carbocycles. The number of hydrogen-bond donors (Lipinski definition) is 1. The second-order valence-electron chi connectivity index (χ2n) is 5.10. The molecule has 1 saturated heterocycles. The molecule has 1 N–H and O–H groups in total. The number of nitrogens with one attached hydrogen (secondary N) is 1. The van der Waals surface area contributed by atoms with Gasteiger partial charge in [0, 0.05) is 20.1 Å². The fourth-order valence-electron chi connectivity index (χ4n) is 3.14. The summed E-state index contributed by atoms with van der Waals surface area (Å²) in [6.07, 6.45) is 10.0. The zero-order valence-electron chi connectivity index (χ0n) is 9.72. The summed E-state index contributed by atoms with van der Waals surface area (Å²) in [5.41, 5.74) is 0.693. The molecule has 1 spiro atoms. The second-order valence-corrected chi connectivity index (χ2v) is 5.49. The molecule has 0 unspecified atom stereocenters. The van der Waals surface area contributed by atoms with Gasteiger partial charge in [-0.15, -0.1) is 0 Å². The van der Waals surface area contributed by atoms with Crippen molar-refractivity contribution < 1.29 is 0 Å². The van der Waals surface area contributed by atoms with E-state index in [1.54, 1.807) is 0 Å². The zero-order valence-corrected chi connectivity index (χ0v) is 10.5. The highest BCUT2D eigenvalue weighted by Gasteiger charge is 2.35. The second kappa shape index (κ2) is 4.69. The summed E-state index contributed by atoms with van der Waals surface area (Å²) >= 11 is 5.28. The Morgan fingerprint density at radius 2 is 1.67 bits per heavy atom. The maximum atomic E-state index is 5.28. The van der Waals surface area contributed by atoms with Crippen LogP contribution in [0.2, 0.25) is 0 Å². The van der Waals surface area contributed by atoms with Crippen molar-refractivity contribution in [3.05, 3.63) is 0 Å². The highest BCUT2D eigenvalue weighted by molar-refractivity contribution is 7.80. The Labute approximate surface area is 98.4 Å². The van der Waals surface area contributed by atoms with E-state index in [0.717, 1.165) is 5.11 Å². The fraction of sp³-hybridized carbons (Fsp3) is 0.917.